The fourth-order valence-corrected chi connectivity index (χ4v) is 3.32. The zero-order valence-corrected chi connectivity index (χ0v) is 17.5. The molecule has 0 amide bonds. The molecule has 0 fully saturated rings. The summed E-state index contributed by atoms with van der Waals surface area (Å²) in [6.07, 6.45) is 7.51. The number of aliphatic carboxylic acids is 1. The highest BCUT2D eigenvalue weighted by Crippen LogP contribution is 2.22. The molecule has 4 N–H and O–H groups in total. The van der Waals surface area contributed by atoms with E-state index in [-0.39, 0.29) is 12.1 Å². The lowest BCUT2D eigenvalue weighted by molar-refractivity contribution is -0.137. The van der Waals surface area contributed by atoms with Crippen LogP contribution in [0.4, 0.5) is 10.2 Å². The van der Waals surface area contributed by atoms with E-state index in [1.807, 2.05) is 6.07 Å². The number of pyridine rings is 1. The molecular formula is C22H27FN6O2. The number of fused-ring (bicyclic) bond motifs is 1. The number of rotatable bonds is 9. The Labute approximate surface area is 180 Å². The quantitative estimate of drug-likeness (QED) is 0.525. The number of carboxylic acid groups (broad SMARTS) is 1. The summed E-state index contributed by atoms with van der Waals surface area (Å²) in [5.74, 6) is -0.216. The van der Waals surface area contributed by atoms with Crippen molar-refractivity contribution in [2.45, 2.75) is 51.5 Å². The zero-order valence-electron chi connectivity index (χ0n) is 17.5. The number of anilines is 1. The second-order valence-corrected chi connectivity index (χ2v) is 7.52. The Balaban J connectivity index is 1.59. The van der Waals surface area contributed by atoms with Crippen molar-refractivity contribution in [1.29, 1.82) is 0 Å². The number of carboxylic acids is 1. The van der Waals surface area contributed by atoms with Gasteiger partial charge in [0.15, 0.2) is 5.83 Å². The minimum atomic E-state index is -1.05. The summed E-state index contributed by atoms with van der Waals surface area (Å²) in [4.78, 5) is 27.9. The van der Waals surface area contributed by atoms with Crippen molar-refractivity contribution in [2.75, 3.05) is 11.9 Å². The molecule has 0 aromatic carbocycles. The molecule has 0 aliphatic carbocycles. The van der Waals surface area contributed by atoms with Crippen LogP contribution in [0.5, 0.6) is 0 Å². The first-order valence-corrected chi connectivity index (χ1v) is 10.3. The Hall–Kier alpha value is -3.36. The molecule has 3 rings (SSSR count). The van der Waals surface area contributed by atoms with Crippen LogP contribution in [0.2, 0.25) is 0 Å². The number of aromatic nitrogens is 3. The second-order valence-electron chi connectivity index (χ2n) is 7.52. The van der Waals surface area contributed by atoms with Gasteiger partial charge >= 0.3 is 5.97 Å². The smallest absolute Gasteiger partial charge is 0.305 e. The molecule has 0 spiro atoms. The highest BCUT2D eigenvalue weighted by molar-refractivity contribution is 5.77. The van der Waals surface area contributed by atoms with E-state index in [1.165, 1.54) is 18.0 Å². The molecule has 1 atom stereocenters. The monoisotopic (exact) mass is 426 g/mol. The number of carbonyl (C=O) groups is 1. The molecule has 8 nitrogen and oxygen atoms in total. The maximum Gasteiger partial charge on any atom is 0.305 e. The first-order valence-electron chi connectivity index (χ1n) is 10.3. The minimum absolute atomic E-state index is 0.0778. The van der Waals surface area contributed by atoms with E-state index >= 15 is 0 Å². The Kier molecular flexibility index (Phi) is 7.64. The summed E-state index contributed by atoms with van der Waals surface area (Å²) < 4.78 is 14.4. The summed E-state index contributed by atoms with van der Waals surface area (Å²) in [6, 6.07) is 3.31. The van der Waals surface area contributed by atoms with Gasteiger partial charge < -0.3 is 16.2 Å². The van der Waals surface area contributed by atoms with Crippen LogP contribution in [0.3, 0.4) is 0 Å². The third kappa shape index (κ3) is 6.56. The van der Waals surface area contributed by atoms with Crippen LogP contribution in [-0.4, -0.2) is 38.8 Å². The van der Waals surface area contributed by atoms with Crippen LogP contribution in [0, 0.1) is 6.92 Å². The lowest BCUT2D eigenvalue weighted by Gasteiger charge is -2.17. The number of halogens is 1. The van der Waals surface area contributed by atoms with Crippen molar-refractivity contribution in [3.8, 4) is 0 Å². The van der Waals surface area contributed by atoms with Crippen LogP contribution in [0.1, 0.15) is 54.4 Å². The number of nitrogens with two attached hydrogens (primary N) is 1. The van der Waals surface area contributed by atoms with Crippen LogP contribution >= 0.6 is 0 Å². The van der Waals surface area contributed by atoms with Crippen molar-refractivity contribution >= 4 is 18.0 Å². The van der Waals surface area contributed by atoms with Gasteiger partial charge in [-0.05, 0) is 50.7 Å². The summed E-state index contributed by atoms with van der Waals surface area (Å²) in [5, 5.41) is 12.4. The van der Waals surface area contributed by atoms with Gasteiger partial charge in [0.25, 0.3) is 0 Å². The Bertz CT molecular complexity index is 974. The molecule has 2 aromatic rings. The van der Waals surface area contributed by atoms with Gasteiger partial charge in [-0.1, -0.05) is 6.07 Å². The van der Waals surface area contributed by atoms with E-state index in [9.17, 15) is 9.18 Å². The predicted octanol–water partition coefficient (Wildman–Crippen LogP) is 3.29. The normalized spacial score (nSPS) is 15.2. The predicted molar refractivity (Wildman–Crippen MR) is 117 cm³/mol. The standard InChI is InChI=1S/C22H27FN6O2/c1-14-26-11-16(12-27-14)20(10-21(30)31)28-13-18(23)19(24)6-2-5-17-8-7-15-4-3-9-25-22(15)29-17/h7-8,11-13,20H,2-6,9-10,24H2,1H3,(H,25,29)(H,30,31). The van der Waals surface area contributed by atoms with E-state index in [0.29, 0.717) is 30.7 Å². The van der Waals surface area contributed by atoms with E-state index in [0.717, 1.165) is 37.1 Å². The number of nitrogens with zero attached hydrogens (tertiary/aromatic N) is 4. The minimum Gasteiger partial charge on any atom is -0.481 e. The third-order valence-electron chi connectivity index (χ3n) is 5.06. The van der Waals surface area contributed by atoms with Crippen molar-refractivity contribution in [3.63, 3.8) is 0 Å². The number of aryl methyl sites for hydroxylation is 3. The molecule has 3 heterocycles. The van der Waals surface area contributed by atoms with Crippen LogP contribution in [0.15, 0.2) is 41.0 Å². The maximum absolute atomic E-state index is 14.4. The van der Waals surface area contributed by atoms with Crippen molar-refractivity contribution in [2.24, 2.45) is 10.7 Å². The third-order valence-corrected chi connectivity index (χ3v) is 5.06. The highest BCUT2D eigenvalue weighted by atomic mass is 19.1. The van der Waals surface area contributed by atoms with Gasteiger partial charge in [-0.25, -0.2) is 19.3 Å². The SMILES string of the molecule is Cc1ncc(C(CC(=O)O)N=CC(F)=C(N)CCCc2ccc3c(n2)NCCC3)cn1. The zero-order chi connectivity index (χ0) is 22.2. The summed E-state index contributed by atoms with van der Waals surface area (Å²) in [7, 11) is 0. The number of hydrogen-bond acceptors (Lipinski definition) is 7. The molecule has 1 aliphatic rings. The number of hydrogen-bond donors (Lipinski definition) is 3. The molecular weight excluding hydrogens is 399 g/mol. The molecule has 2 aromatic heterocycles. The molecule has 0 saturated heterocycles. The molecule has 0 bridgehead atoms. The molecule has 164 valence electrons. The van der Waals surface area contributed by atoms with Gasteiger partial charge in [-0.2, -0.15) is 0 Å². The number of allylic oxidation sites excluding steroid dienone is 2. The van der Waals surface area contributed by atoms with Gasteiger partial charge in [0.2, 0.25) is 0 Å². The first-order chi connectivity index (χ1) is 14.9. The molecule has 1 aliphatic heterocycles. The molecule has 31 heavy (non-hydrogen) atoms. The molecule has 0 saturated carbocycles. The fraction of sp³-hybridized carbons (Fsp3) is 0.409. The van der Waals surface area contributed by atoms with E-state index in [1.54, 1.807) is 6.92 Å². The first kappa shape index (κ1) is 22.3. The molecule has 1 unspecified atom stereocenters. The maximum atomic E-state index is 14.4. The Morgan fingerprint density at radius 1 is 1.39 bits per heavy atom. The fourth-order valence-electron chi connectivity index (χ4n) is 3.32. The van der Waals surface area contributed by atoms with Crippen LogP contribution in [0.25, 0.3) is 0 Å². The lowest BCUT2D eigenvalue weighted by atomic mass is 10.1. The number of nitrogens with one attached hydrogen (secondary N) is 1. The van der Waals surface area contributed by atoms with E-state index in [2.05, 4.69) is 31.3 Å². The van der Waals surface area contributed by atoms with Crippen molar-refractivity contribution < 1.29 is 14.3 Å². The van der Waals surface area contributed by atoms with Gasteiger partial charge in [0.1, 0.15) is 11.6 Å². The van der Waals surface area contributed by atoms with Crippen LogP contribution in [-0.2, 0) is 17.6 Å². The average molecular weight is 426 g/mol. The van der Waals surface area contributed by atoms with E-state index in [4.69, 9.17) is 10.8 Å². The average Bonchev–Trinajstić information content (AvgIpc) is 2.76. The van der Waals surface area contributed by atoms with Gasteiger partial charge in [0, 0.05) is 35.9 Å². The van der Waals surface area contributed by atoms with Gasteiger partial charge in [-0.3, -0.25) is 9.79 Å². The second kappa shape index (κ2) is 10.6. The van der Waals surface area contributed by atoms with Crippen LogP contribution < -0.4 is 11.1 Å². The largest absolute Gasteiger partial charge is 0.481 e. The lowest BCUT2D eigenvalue weighted by Crippen LogP contribution is -2.14. The summed E-state index contributed by atoms with van der Waals surface area (Å²) >= 11 is 0. The van der Waals surface area contributed by atoms with E-state index < -0.39 is 17.8 Å². The number of aliphatic imine (C=N–C) groups is 1. The van der Waals surface area contributed by atoms with Crippen molar-refractivity contribution in [3.05, 3.63) is 58.7 Å². The Morgan fingerprint density at radius 2 is 2.16 bits per heavy atom. The topological polar surface area (TPSA) is 126 Å². The van der Waals surface area contributed by atoms with Crippen molar-refractivity contribution in [1.82, 2.24) is 15.0 Å². The highest BCUT2D eigenvalue weighted by Gasteiger charge is 2.15. The van der Waals surface area contributed by atoms with Gasteiger partial charge in [0.05, 0.1) is 18.7 Å². The molecule has 0 radical (unpaired) electrons. The van der Waals surface area contributed by atoms with Gasteiger partial charge in [-0.15, -0.1) is 0 Å². The molecule has 9 heteroatoms. The Morgan fingerprint density at radius 3 is 2.90 bits per heavy atom. The summed E-state index contributed by atoms with van der Waals surface area (Å²) in [5.41, 5.74) is 8.63. The summed E-state index contributed by atoms with van der Waals surface area (Å²) in [6.45, 7) is 2.65.